The van der Waals surface area contributed by atoms with Gasteiger partial charge in [-0.2, -0.15) is 0 Å². The van der Waals surface area contributed by atoms with Gasteiger partial charge in [-0.1, -0.05) is 6.58 Å². The minimum atomic E-state index is -0.555. The number of carbonyl (C=O) groups excluding carboxylic acids is 1. The first-order valence-corrected chi connectivity index (χ1v) is 5.49. The maximum atomic E-state index is 11.7. The van der Waals surface area contributed by atoms with E-state index in [-0.39, 0.29) is 11.1 Å². The molecule has 6 heteroatoms. The van der Waals surface area contributed by atoms with Gasteiger partial charge in [-0.15, -0.1) is 0 Å². The number of aliphatic imine (C=N–C) groups is 1. The van der Waals surface area contributed by atoms with E-state index in [2.05, 4.69) is 11.6 Å². The van der Waals surface area contributed by atoms with Crippen molar-refractivity contribution >= 4 is 23.0 Å². The summed E-state index contributed by atoms with van der Waals surface area (Å²) in [6.07, 6.45) is -0.519. The second-order valence-electron chi connectivity index (χ2n) is 4.73. The standard InChI is InChI=1S/C11H20ClN3O2/c1-8(13-9(12)14(5)6)15(7)10(16)17-11(2,3)4/h1H2,2-7H3/b13-9-. The number of nitrogens with zero attached hydrogens (tertiary/aromatic N) is 3. The number of carbonyl (C=O) groups is 1. The van der Waals surface area contributed by atoms with Crippen LogP contribution in [0, 0.1) is 0 Å². The van der Waals surface area contributed by atoms with E-state index in [4.69, 9.17) is 16.3 Å². The average Bonchev–Trinajstić information content (AvgIpc) is 2.13. The Morgan fingerprint density at radius 3 is 2.12 bits per heavy atom. The highest BCUT2D eigenvalue weighted by Gasteiger charge is 2.21. The zero-order chi connectivity index (χ0) is 13.8. The second kappa shape index (κ2) is 5.91. The lowest BCUT2D eigenvalue weighted by molar-refractivity contribution is 0.0352. The predicted octanol–water partition coefficient (Wildman–Crippen LogP) is 2.48. The Balaban J connectivity index is 4.62. The van der Waals surface area contributed by atoms with Crippen LogP contribution in [0.3, 0.4) is 0 Å². The topological polar surface area (TPSA) is 45.1 Å². The normalized spacial score (nSPS) is 12.1. The van der Waals surface area contributed by atoms with Crippen LogP contribution in [-0.4, -0.2) is 47.9 Å². The van der Waals surface area contributed by atoms with E-state index in [0.717, 1.165) is 0 Å². The van der Waals surface area contributed by atoms with E-state index in [1.165, 1.54) is 11.9 Å². The highest BCUT2D eigenvalue weighted by atomic mass is 35.5. The minimum Gasteiger partial charge on any atom is -0.443 e. The van der Waals surface area contributed by atoms with Crippen LogP contribution in [0.25, 0.3) is 0 Å². The van der Waals surface area contributed by atoms with Gasteiger partial charge in [-0.3, -0.25) is 4.90 Å². The van der Waals surface area contributed by atoms with E-state index in [9.17, 15) is 4.79 Å². The fourth-order valence-electron chi connectivity index (χ4n) is 0.717. The van der Waals surface area contributed by atoms with Gasteiger partial charge in [0.2, 0.25) is 0 Å². The summed E-state index contributed by atoms with van der Waals surface area (Å²) < 4.78 is 5.16. The van der Waals surface area contributed by atoms with Gasteiger partial charge in [0.1, 0.15) is 11.4 Å². The SMILES string of the molecule is C=C(/N=C(/Cl)N(C)C)N(C)C(=O)OC(C)(C)C. The summed E-state index contributed by atoms with van der Waals surface area (Å²) in [7, 11) is 5.01. The van der Waals surface area contributed by atoms with E-state index in [0.29, 0.717) is 0 Å². The highest BCUT2D eigenvalue weighted by Crippen LogP contribution is 2.12. The fourth-order valence-corrected chi connectivity index (χ4v) is 0.815. The van der Waals surface area contributed by atoms with Gasteiger partial charge in [-0.25, -0.2) is 9.79 Å². The summed E-state index contributed by atoms with van der Waals surface area (Å²) in [6, 6.07) is 0. The van der Waals surface area contributed by atoms with Gasteiger partial charge < -0.3 is 9.64 Å². The number of ether oxygens (including phenoxy) is 1. The molecule has 0 bridgehead atoms. The molecule has 0 aliphatic carbocycles. The average molecular weight is 262 g/mol. The zero-order valence-electron chi connectivity index (χ0n) is 11.2. The van der Waals surface area contributed by atoms with Crippen molar-refractivity contribution < 1.29 is 9.53 Å². The number of amides is 1. The van der Waals surface area contributed by atoms with Gasteiger partial charge >= 0.3 is 6.09 Å². The van der Waals surface area contributed by atoms with E-state index in [1.54, 1.807) is 39.8 Å². The highest BCUT2D eigenvalue weighted by molar-refractivity contribution is 6.64. The maximum absolute atomic E-state index is 11.7. The molecule has 0 unspecified atom stereocenters. The van der Waals surface area contributed by atoms with Gasteiger partial charge in [0.05, 0.1) is 0 Å². The smallest absolute Gasteiger partial charge is 0.415 e. The summed E-state index contributed by atoms with van der Waals surface area (Å²) in [5.41, 5.74) is -0.555. The molecule has 0 rings (SSSR count). The molecule has 5 nitrogen and oxygen atoms in total. The Labute approximate surface area is 108 Å². The fraction of sp³-hybridized carbons (Fsp3) is 0.636. The Bertz CT molecular complexity index is 332. The third kappa shape index (κ3) is 6.16. The Hall–Kier alpha value is -1.23. The van der Waals surface area contributed by atoms with Gasteiger partial charge in [0, 0.05) is 21.1 Å². The predicted molar refractivity (Wildman–Crippen MR) is 70.1 cm³/mol. The molecule has 0 atom stereocenters. The van der Waals surface area contributed by atoms with Crippen LogP contribution in [0.4, 0.5) is 4.79 Å². The molecule has 0 radical (unpaired) electrons. The molecule has 17 heavy (non-hydrogen) atoms. The summed E-state index contributed by atoms with van der Waals surface area (Å²) in [5.74, 6) is 0.220. The van der Waals surface area contributed by atoms with Crippen molar-refractivity contribution in [3.8, 4) is 0 Å². The van der Waals surface area contributed by atoms with E-state index < -0.39 is 11.7 Å². The molecule has 0 N–H and O–H groups in total. The number of hydrogen-bond acceptors (Lipinski definition) is 3. The Morgan fingerprint density at radius 1 is 1.29 bits per heavy atom. The minimum absolute atomic E-state index is 0.220. The molecule has 0 saturated carbocycles. The molecule has 0 aromatic heterocycles. The lowest BCUT2D eigenvalue weighted by Crippen LogP contribution is -2.33. The van der Waals surface area contributed by atoms with Crippen molar-refractivity contribution in [3.05, 3.63) is 12.4 Å². The molecule has 0 aromatic rings. The summed E-state index contributed by atoms with van der Waals surface area (Å²) in [6.45, 7) is 9.02. The van der Waals surface area contributed by atoms with Crippen LogP contribution in [-0.2, 0) is 4.74 Å². The molecular formula is C11H20ClN3O2. The van der Waals surface area contributed by atoms with Crippen molar-refractivity contribution in [2.75, 3.05) is 21.1 Å². The van der Waals surface area contributed by atoms with Gasteiger partial charge in [0.15, 0.2) is 5.29 Å². The molecule has 98 valence electrons. The van der Waals surface area contributed by atoms with Crippen molar-refractivity contribution in [3.63, 3.8) is 0 Å². The molecule has 0 heterocycles. The van der Waals surface area contributed by atoms with Crippen molar-refractivity contribution in [2.45, 2.75) is 26.4 Å². The third-order valence-corrected chi connectivity index (χ3v) is 2.07. The summed E-state index contributed by atoms with van der Waals surface area (Å²) in [5, 5.41) is 0.241. The molecule has 0 saturated heterocycles. The number of amidine groups is 1. The summed E-state index contributed by atoms with van der Waals surface area (Å²) >= 11 is 5.83. The first-order chi connectivity index (χ1) is 7.54. The van der Waals surface area contributed by atoms with Crippen LogP contribution in [0.5, 0.6) is 0 Å². The molecule has 1 amide bonds. The first kappa shape index (κ1) is 15.8. The number of hydrogen-bond donors (Lipinski definition) is 0. The van der Waals surface area contributed by atoms with Crippen LogP contribution < -0.4 is 0 Å². The zero-order valence-corrected chi connectivity index (χ0v) is 12.0. The van der Waals surface area contributed by atoms with Crippen LogP contribution in [0.2, 0.25) is 0 Å². The monoisotopic (exact) mass is 261 g/mol. The Morgan fingerprint density at radius 2 is 1.76 bits per heavy atom. The van der Waals surface area contributed by atoms with E-state index >= 15 is 0 Å². The van der Waals surface area contributed by atoms with Crippen LogP contribution >= 0.6 is 11.6 Å². The molecular weight excluding hydrogens is 242 g/mol. The van der Waals surface area contributed by atoms with E-state index in [1.807, 2.05) is 0 Å². The van der Waals surface area contributed by atoms with Crippen molar-refractivity contribution in [1.29, 1.82) is 0 Å². The molecule has 0 aliphatic heterocycles. The van der Waals surface area contributed by atoms with Crippen molar-refractivity contribution in [2.24, 2.45) is 4.99 Å². The number of halogens is 1. The largest absolute Gasteiger partial charge is 0.443 e. The Kier molecular flexibility index (Phi) is 5.48. The molecule has 0 spiro atoms. The molecule has 0 aromatic carbocycles. The maximum Gasteiger partial charge on any atom is 0.415 e. The van der Waals surface area contributed by atoms with Gasteiger partial charge in [0.25, 0.3) is 0 Å². The van der Waals surface area contributed by atoms with Gasteiger partial charge in [-0.05, 0) is 32.4 Å². The van der Waals surface area contributed by atoms with Crippen LogP contribution in [0.1, 0.15) is 20.8 Å². The molecule has 0 fully saturated rings. The summed E-state index contributed by atoms with van der Waals surface area (Å²) in [4.78, 5) is 18.4. The quantitative estimate of drug-likeness (QED) is 0.436. The van der Waals surface area contributed by atoms with Crippen LogP contribution in [0.15, 0.2) is 17.4 Å². The lowest BCUT2D eigenvalue weighted by Gasteiger charge is -2.24. The number of rotatable bonds is 2. The van der Waals surface area contributed by atoms with Crippen molar-refractivity contribution in [1.82, 2.24) is 9.80 Å². The first-order valence-electron chi connectivity index (χ1n) is 5.11. The third-order valence-electron chi connectivity index (χ3n) is 1.64. The second-order valence-corrected chi connectivity index (χ2v) is 5.07. The lowest BCUT2D eigenvalue weighted by atomic mass is 10.2. The molecule has 0 aliphatic rings.